The Bertz CT molecular complexity index is 552. The molecule has 0 aliphatic carbocycles. The van der Waals surface area contributed by atoms with E-state index < -0.39 is 0 Å². The number of carbonyl (C=O) groups is 1. The molecule has 1 aromatic heterocycles. The summed E-state index contributed by atoms with van der Waals surface area (Å²) in [5.74, 6) is 0.122. The number of carbonyl (C=O) groups excluding carboxylic acids is 1. The molecule has 0 atom stereocenters. The summed E-state index contributed by atoms with van der Waals surface area (Å²) >= 11 is 0. The predicted octanol–water partition coefficient (Wildman–Crippen LogP) is 3.45. The van der Waals surface area contributed by atoms with Gasteiger partial charge >= 0.3 is 0 Å². The summed E-state index contributed by atoms with van der Waals surface area (Å²) < 4.78 is 1.88. The van der Waals surface area contributed by atoms with E-state index in [9.17, 15) is 4.79 Å². The lowest BCUT2D eigenvalue weighted by Gasteiger charge is -2.04. The number of benzene rings is 1. The molecule has 2 aromatic rings. The van der Waals surface area contributed by atoms with E-state index in [-0.39, 0.29) is 5.78 Å². The number of hydrogen-bond donors (Lipinski definition) is 0. The van der Waals surface area contributed by atoms with Crippen molar-refractivity contribution in [3.05, 3.63) is 53.3 Å². The summed E-state index contributed by atoms with van der Waals surface area (Å²) in [7, 11) is 0. The van der Waals surface area contributed by atoms with Gasteiger partial charge in [0.15, 0.2) is 5.78 Å². The number of aromatic nitrogens is 2. The van der Waals surface area contributed by atoms with Gasteiger partial charge in [0.25, 0.3) is 0 Å². The fraction of sp³-hybridized carbons (Fsp3) is 0.375. The van der Waals surface area contributed by atoms with Crippen LogP contribution in [0, 0.1) is 0 Å². The van der Waals surface area contributed by atoms with Crippen molar-refractivity contribution >= 4 is 5.78 Å². The normalized spacial score (nSPS) is 10.9. The highest BCUT2D eigenvalue weighted by molar-refractivity contribution is 5.97. The van der Waals surface area contributed by atoms with Crippen molar-refractivity contribution in [2.75, 3.05) is 0 Å². The minimum Gasteiger partial charge on any atom is -0.294 e. The lowest BCUT2D eigenvalue weighted by Crippen LogP contribution is -2.06. The van der Waals surface area contributed by atoms with Crippen molar-refractivity contribution in [3.8, 4) is 0 Å². The Kier molecular flexibility index (Phi) is 4.15. The first-order chi connectivity index (χ1) is 9.10. The fourth-order valence-corrected chi connectivity index (χ4v) is 1.95. The first-order valence-electron chi connectivity index (χ1n) is 6.76. The third kappa shape index (κ3) is 3.31. The zero-order chi connectivity index (χ0) is 13.8. The molecule has 0 amide bonds. The molecule has 0 unspecified atom stereocenters. The molecule has 100 valence electrons. The van der Waals surface area contributed by atoms with Crippen LogP contribution in [-0.2, 0) is 12.8 Å². The van der Waals surface area contributed by atoms with Crippen LogP contribution in [-0.4, -0.2) is 15.6 Å². The fourth-order valence-electron chi connectivity index (χ4n) is 1.95. The molecule has 0 N–H and O–H groups in total. The molecule has 3 nitrogen and oxygen atoms in total. The standard InChI is InChI=1S/C16H20N2O/c1-4-13-5-7-14(8-6-13)16(19)11-15-9-10-18(17-15)12(2)3/h5-10,12H,4,11H2,1-3H3. The summed E-state index contributed by atoms with van der Waals surface area (Å²) in [5.41, 5.74) is 2.84. The van der Waals surface area contributed by atoms with Crippen LogP contribution in [0.5, 0.6) is 0 Å². The molecule has 0 aliphatic rings. The zero-order valence-corrected chi connectivity index (χ0v) is 11.8. The first kappa shape index (κ1) is 13.5. The number of nitrogens with zero attached hydrogens (tertiary/aromatic N) is 2. The minimum atomic E-state index is 0.122. The smallest absolute Gasteiger partial charge is 0.168 e. The highest BCUT2D eigenvalue weighted by Gasteiger charge is 2.10. The van der Waals surface area contributed by atoms with Crippen LogP contribution in [0.15, 0.2) is 36.5 Å². The summed E-state index contributed by atoms with van der Waals surface area (Å²) in [6.07, 6.45) is 3.28. The van der Waals surface area contributed by atoms with E-state index in [1.165, 1.54) is 5.56 Å². The van der Waals surface area contributed by atoms with Crippen LogP contribution in [0.2, 0.25) is 0 Å². The molecule has 0 bridgehead atoms. The summed E-state index contributed by atoms with van der Waals surface area (Å²) in [6, 6.07) is 10.1. The Labute approximate surface area is 114 Å². The average molecular weight is 256 g/mol. The van der Waals surface area contributed by atoms with Gasteiger partial charge in [0.05, 0.1) is 12.1 Å². The van der Waals surface area contributed by atoms with Crippen molar-refractivity contribution < 1.29 is 4.79 Å². The van der Waals surface area contributed by atoms with Crippen LogP contribution >= 0.6 is 0 Å². The third-order valence-electron chi connectivity index (χ3n) is 3.22. The molecule has 0 aliphatic heterocycles. The summed E-state index contributed by atoms with van der Waals surface area (Å²) in [4.78, 5) is 12.1. The van der Waals surface area contributed by atoms with E-state index >= 15 is 0 Å². The molecule has 0 saturated carbocycles. The molecule has 0 fully saturated rings. The Morgan fingerprint density at radius 3 is 2.42 bits per heavy atom. The molecule has 0 radical (unpaired) electrons. The maximum atomic E-state index is 12.1. The molecule has 19 heavy (non-hydrogen) atoms. The second-order valence-corrected chi connectivity index (χ2v) is 5.03. The molecule has 2 rings (SSSR count). The lowest BCUT2D eigenvalue weighted by atomic mass is 10.0. The molecule has 0 saturated heterocycles. The molecule has 0 spiro atoms. The summed E-state index contributed by atoms with van der Waals surface area (Å²) in [6.45, 7) is 6.25. The van der Waals surface area contributed by atoms with E-state index in [1.54, 1.807) is 0 Å². The van der Waals surface area contributed by atoms with Crippen LogP contribution in [0.1, 0.15) is 48.4 Å². The van der Waals surface area contributed by atoms with Gasteiger partial charge in [-0.25, -0.2) is 0 Å². The highest BCUT2D eigenvalue weighted by Crippen LogP contribution is 2.10. The second-order valence-electron chi connectivity index (χ2n) is 5.03. The van der Waals surface area contributed by atoms with Crippen LogP contribution in [0.3, 0.4) is 0 Å². The van der Waals surface area contributed by atoms with Crippen LogP contribution in [0.4, 0.5) is 0 Å². The van der Waals surface area contributed by atoms with E-state index in [2.05, 4.69) is 25.9 Å². The van der Waals surface area contributed by atoms with Gasteiger partial charge in [-0.05, 0) is 31.9 Å². The highest BCUT2D eigenvalue weighted by atomic mass is 16.1. The molecular weight excluding hydrogens is 236 g/mol. The average Bonchev–Trinajstić information content (AvgIpc) is 2.87. The van der Waals surface area contributed by atoms with Crippen LogP contribution < -0.4 is 0 Å². The van der Waals surface area contributed by atoms with Crippen molar-refractivity contribution in [2.24, 2.45) is 0 Å². The van der Waals surface area contributed by atoms with E-state index in [0.717, 1.165) is 17.7 Å². The maximum absolute atomic E-state index is 12.1. The van der Waals surface area contributed by atoms with Gasteiger partial charge in [-0.1, -0.05) is 31.2 Å². The van der Waals surface area contributed by atoms with E-state index in [0.29, 0.717) is 12.5 Å². The Balaban J connectivity index is 2.06. The van der Waals surface area contributed by atoms with Crippen molar-refractivity contribution in [1.82, 2.24) is 9.78 Å². The van der Waals surface area contributed by atoms with Gasteiger partial charge in [-0.15, -0.1) is 0 Å². The molecule has 1 aromatic carbocycles. The van der Waals surface area contributed by atoms with Gasteiger partial charge < -0.3 is 0 Å². The number of rotatable bonds is 5. The SMILES string of the molecule is CCc1ccc(C(=O)Cc2ccn(C(C)C)n2)cc1. The Morgan fingerprint density at radius 1 is 1.21 bits per heavy atom. The van der Waals surface area contributed by atoms with Gasteiger partial charge in [0.1, 0.15) is 0 Å². The van der Waals surface area contributed by atoms with Crippen molar-refractivity contribution in [2.45, 2.75) is 39.7 Å². The molecule has 1 heterocycles. The third-order valence-corrected chi connectivity index (χ3v) is 3.22. The van der Waals surface area contributed by atoms with E-state index in [1.807, 2.05) is 41.2 Å². The number of Topliss-reactive ketones (excluding diaryl/α,β-unsaturated/α-hetero) is 1. The minimum absolute atomic E-state index is 0.122. The van der Waals surface area contributed by atoms with Gasteiger partial charge in [0.2, 0.25) is 0 Å². The monoisotopic (exact) mass is 256 g/mol. The largest absolute Gasteiger partial charge is 0.294 e. The number of aryl methyl sites for hydroxylation is 1. The Hall–Kier alpha value is -1.90. The topological polar surface area (TPSA) is 34.9 Å². The Morgan fingerprint density at radius 2 is 1.89 bits per heavy atom. The van der Waals surface area contributed by atoms with Gasteiger partial charge in [-0.3, -0.25) is 9.48 Å². The predicted molar refractivity (Wildman–Crippen MR) is 76.5 cm³/mol. The zero-order valence-electron chi connectivity index (χ0n) is 11.8. The first-order valence-corrected chi connectivity index (χ1v) is 6.76. The second kappa shape index (κ2) is 5.83. The quantitative estimate of drug-likeness (QED) is 0.768. The van der Waals surface area contributed by atoms with Crippen molar-refractivity contribution in [1.29, 1.82) is 0 Å². The van der Waals surface area contributed by atoms with Gasteiger partial charge in [-0.2, -0.15) is 5.10 Å². The van der Waals surface area contributed by atoms with E-state index in [4.69, 9.17) is 0 Å². The molecule has 3 heteroatoms. The molecular formula is C16H20N2O. The number of hydrogen-bond acceptors (Lipinski definition) is 2. The number of ketones is 1. The summed E-state index contributed by atoms with van der Waals surface area (Å²) in [5, 5.41) is 4.40. The van der Waals surface area contributed by atoms with Gasteiger partial charge in [0, 0.05) is 17.8 Å². The van der Waals surface area contributed by atoms with Crippen molar-refractivity contribution in [3.63, 3.8) is 0 Å². The van der Waals surface area contributed by atoms with Crippen LogP contribution in [0.25, 0.3) is 0 Å². The maximum Gasteiger partial charge on any atom is 0.168 e. The lowest BCUT2D eigenvalue weighted by molar-refractivity contribution is 0.0991.